The molecule has 0 saturated heterocycles. The third kappa shape index (κ3) is 2.29. The maximum absolute atomic E-state index is 11.8. The molecule has 0 spiro atoms. The summed E-state index contributed by atoms with van der Waals surface area (Å²) in [6.45, 7) is 0.472. The fourth-order valence-corrected chi connectivity index (χ4v) is 1.28. The molecule has 0 aromatic carbocycles. The quantitative estimate of drug-likeness (QED) is 0.729. The highest BCUT2D eigenvalue weighted by Gasteiger charge is 2.07. The predicted octanol–water partition coefficient (Wildman–Crippen LogP) is 0.0147. The topological polar surface area (TPSA) is 86.7 Å². The minimum atomic E-state index is -0.0541. The molecule has 0 aliphatic rings. The Morgan fingerprint density at radius 2 is 2.38 bits per heavy atom. The van der Waals surface area contributed by atoms with E-state index >= 15 is 0 Å². The third-order valence-electron chi connectivity index (χ3n) is 2.08. The Kier molecular flexibility index (Phi) is 3.02. The zero-order valence-corrected chi connectivity index (χ0v) is 8.58. The van der Waals surface area contributed by atoms with Crippen LogP contribution in [0.5, 0.6) is 0 Å². The minimum absolute atomic E-state index is 0.0541. The molecule has 2 aromatic rings. The van der Waals surface area contributed by atoms with Crippen molar-refractivity contribution in [2.24, 2.45) is 5.73 Å². The van der Waals surface area contributed by atoms with Crippen LogP contribution in [0.15, 0.2) is 30.7 Å². The molecule has 0 aliphatic carbocycles. The van der Waals surface area contributed by atoms with Crippen LogP contribution in [0.4, 0.5) is 0 Å². The number of Topliss-reactive ketones (excluding diaryl/α,β-unsaturated/α-hetero) is 1. The van der Waals surface area contributed by atoms with Gasteiger partial charge in [-0.05, 0) is 12.1 Å². The van der Waals surface area contributed by atoms with Gasteiger partial charge in [-0.25, -0.2) is 4.68 Å². The number of pyridine rings is 1. The Morgan fingerprint density at radius 3 is 3.00 bits per heavy atom. The van der Waals surface area contributed by atoms with Gasteiger partial charge in [0.1, 0.15) is 6.54 Å². The molecule has 0 radical (unpaired) electrons. The number of nitrogens with zero attached hydrogens (tertiary/aromatic N) is 4. The van der Waals surface area contributed by atoms with Crippen LogP contribution in [0.1, 0.15) is 16.1 Å². The van der Waals surface area contributed by atoms with Gasteiger partial charge in [0.25, 0.3) is 0 Å². The van der Waals surface area contributed by atoms with E-state index < -0.39 is 0 Å². The summed E-state index contributed by atoms with van der Waals surface area (Å²) in [5, 5.41) is 7.60. The lowest BCUT2D eigenvalue weighted by Gasteiger charge is -1.99. The Labute approximate surface area is 92.1 Å². The van der Waals surface area contributed by atoms with Crippen LogP contribution in [-0.2, 0) is 13.1 Å². The molecule has 2 heterocycles. The van der Waals surface area contributed by atoms with E-state index in [0.717, 1.165) is 0 Å². The van der Waals surface area contributed by atoms with E-state index in [2.05, 4.69) is 15.3 Å². The van der Waals surface area contributed by atoms with Crippen LogP contribution < -0.4 is 5.73 Å². The molecule has 0 amide bonds. The van der Waals surface area contributed by atoms with Crippen LogP contribution in [0.2, 0.25) is 0 Å². The van der Waals surface area contributed by atoms with Gasteiger partial charge in [0.2, 0.25) is 0 Å². The number of hydrogen-bond acceptors (Lipinski definition) is 5. The summed E-state index contributed by atoms with van der Waals surface area (Å²) in [5.74, 6) is -0.0541. The largest absolute Gasteiger partial charge is 0.325 e. The predicted molar refractivity (Wildman–Crippen MR) is 56.5 cm³/mol. The standard InChI is InChI=1S/C10H11N5O/c11-4-9-6-15(14-13-9)7-10(16)8-2-1-3-12-5-8/h1-3,5-6H,4,7,11H2. The molecule has 2 aromatic heterocycles. The molecule has 0 bridgehead atoms. The van der Waals surface area contributed by atoms with E-state index in [1.807, 2.05) is 0 Å². The minimum Gasteiger partial charge on any atom is -0.325 e. The Hall–Kier alpha value is -2.08. The molecule has 0 unspecified atom stereocenters. The van der Waals surface area contributed by atoms with Crippen molar-refractivity contribution >= 4 is 5.78 Å². The van der Waals surface area contributed by atoms with Crippen molar-refractivity contribution in [3.05, 3.63) is 42.0 Å². The monoisotopic (exact) mass is 217 g/mol. The van der Waals surface area contributed by atoms with Gasteiger partial charge in [-0.3, -0.25) is 9.78 Å². The Morgan fingerprint density at radius 1 is 1.50 bits per heavy atom. The summed E-state index contributed by atoms with van der Waals surface area (Å²) in [7, 11) is 0. The molecule has 0 saturated carbocycles. The van der Waals surface area contributed by atoms with Gasteiger partial charge in [0, 0.05) is 24.5 Å². The van der Waals surface area contributed by atoms with Crippen LogP contribution in [0.25, 0.3) is 0 Å². The molecule has 2 rings (SSSR count). The summed E-state index contributed by atoms with van der Waals surface area (Å²) < 4.78 is 1.47. The maximum atomic E-state index is 11.8. The smallest absolute Gasteiger partial charge is 0.185 e. The molecule has 0 atom stereocenters. The Bertz CT molecular complexity index is 479. The van der Waals surface area contributed by atoms with E-state index in [-0.39, 0.29) is 12.3 Å². The highest BCUT2D eigenvalue weighted by molar-refractivity contribution is 5.95. The lowest BCUT2D eigenvalue weighted by Crippen LogP contribution is -2.11. The molecule has 0 fully saturated rings. The number of ketones is 1. The van der Waals surface area contributed by atoms with Crippen LogP contribution in [-0.4, -0.2) is 25.8 Å². The maximum Gasteiger partial charge on any atom is 0.185 e. The zero-order chi connectivity index (χ0) is 11.4. The number of aromatic nitrogens is 4. The van der Waals surface area contributed by atoms with Gasteiger partial charge in [-0.1, -0.05) is 5.21 Å². The summed E-state index contributed by atoms with van der Waals surface area (Å²) >= 11 is 0. The van der Waals surface area contributed by atoms with Crippen LogP contribution in [0.3, 0.4) is 0 Å². The normalized spacial score (nSPS) is 10.3. The van der Waals surface area contributed by atoms with E-state index in [1.54, 1.807) is 24.5 Å². The molecule has 0 aliphatic heterocycles. The van der Waals surface area contributed by atoms with Gasteiger partial charge in [0.15, 0.2) is 5.78 Å². The fraction of sp³-hybridized carbons (Fsp3) is 0.200. The van der Waals surface area contributed by atoms with Gasteiger partial charge < -0.3 is 5.73 Å². The second kappa shape index (κ2) is 4.63. The number of carbonyl (C=O) groups is 1. The third-order valence-corrected chi connectivity index (χ3v) is 2.08. The number of rotatable bonds is 4. The fourth-order valence-electron chi connectivity index (χ4n) is 1.28. The van der Waals surface area contributed by atoms with Gasteiger partial charge in [-0.15, -0.1) is 5.10 Å². The van der Waals surface area contributed by atoms with E-state index in [9.17, 15) is 4.79 Å². The molecule has 6 heteroatoms. The van der Waals surface area contributed by atoms with Crippen molar-refractivity contribution in [2.45, 2.75) is 13.1 Å². The summed E-state index contributed by atoms with van der Waals surface area (Å²) in [6, 6.07) is 3.44. The first kappa shape index (κ1) is 10.4. The van der Waals surface area contributed by atoms with Gasteiger partial charge in [0.05, 0.1) is 11.9 Å². The molecule has 16 heavy (non-hydrogen) atoms. The molecular weight excluding hydrogens is 206 g/mol. The lowest BCUT2D eigenvalue weighted by atomic mass is 10.2. The number of carbonyl (C=O) groups excluding carboxylic acids is 1. The van der Waals surface area contributed by atoms with Crippen molar-refractivity contribution in [3.8, 4) is 0 Å². The summed E-state index contributed by atoms with van der Waals surface area (Å²) in [6.07, 6.45) is 4.82. The molecule has 6 nitrogen and oxygen atoms in total. The van der Waals surface area contributed by atoms with Crippen molar-refractivity contribution in [1.29, 1.82) is 0 Å². The second-order valence-electron chi connectivity index (χ2n) is 3.28. The zero-order valence-electron chi connectivity index (χ0n) is 8.58. The SMILES string of the molecule is NCc1cn(CC(=O)c2cccnc2)nn1. The lowest BCUT2D eigenvalue weighted by molar-refractivity contribution is 0.0966. The van der Waals surface area contributed by atoms with E-state index in [4.69, 9.17) is 5.73 Å². The van der Waals surface area contributed by atoms with Crippen LogP contribution in [0, 0.1) is 0 Å². The van der Waals surface area contributed by atoms with Gasteiger partial charge in [-0.2, -0.15) is 0 Å². The van der Waals surface area contributed by atoms with Crippen molar-refractivity contribution in [2.75, 3.05) is 0 Å². The van der Waals surface area contributed by atoms with Crippen molar-refractivity contribution in [3.63, 3.8) is 0 Å². The number of nitrogens with two attached hydrogens (primary N) is 1. The van der Waals surface area contributed by atoms with Crippen LogP contribution >= 0.6 is 0 Å². The summed E-state index contributed by atoms with van der Waals surface area (Å²) in [4.78, 5) is 15.6. The average molecular weight is 217 g/mol. The average Bonchev–Trinajstić information content (AvgIpc) is 2.78. The van der Waals surface area contributed by atoms with Crippen molar-refractivity contribution in [1.82, 2.24) is 20.0 Å². The second-order valence-corrected chi connectivity index (χ2v) is 3.28. The van der Waals surface area contributed by atoms with Crippen molar-refractivity contribution < 1.29 is 4.79 Å². The highest BCUT2D eigenvalue weighted by atomic mass is 16.1. The number of hydrogen-bond donors (Lipinski definition) is 1. The van der Waals surface area contributed by atoms with Gasteiger partial charge >= 0.3 is 0 Å². The summed E-state index contributed by atoms with van der Waals surface area (Å²) in [5.41, 5.74) is 6.62. The first-order valence-corrected chi connectivity index (χ1v) is 4.82. The molecular formula is C10H11N5O. The van der Waals surface area contributed by atoms with E-state index in [1.165, 1.54) is 10.9 Å². The molecule has 2 N–H and O–H groups in total. The Balaban J connectivity index is 2.08. The molecule has 82 valence electrons. The first-order chi connectivity index (χ1) is 7.79. The van der Waals surface area contributed by atoms with E-state index in [0.29, 0.717) is 17.8 Å². The highest BCUT2D eigenvalue weighted by Crippen LogP contribution is 2.00. The first-order valence-electron chi connectivity index (χ1n) is 4.82.